The van der Waals surface area contributed by atoms with Gasteiger partial charge in [-0.05, 0) is 82.2 Å². The standard InChI is InChI=1S/C25H19N3O12S4.4Na/c29-37-39-41-18-10-14-8-16(4-6-20(14)22(12-18)42-40-38-30)26-24-2-1-3-25(28-24)27-17-5-7-21-15(9-17)11-19(43(31,32)33)13-23(21)44(34,35)36;;;;/h1-13,29-30H,(H2,26,27,28)(H,31,32,33)(H,34,35,36);;;;/q;4*+1/p-4. The van der Waals surface area contributed by atoms with Crippen LogP contribution in [0, 0.1) is 0 Å². The number of nitrogens with one attached hydrogen (secondary N) is 2. The van der Waals surface area contributed by atoms with Gasteiger partial charge in [-0.3, -0.25) is 10.1 Å². The van der Waals surface area contributed by atoms with Gasteiger partial charge in [0.2, 0.25) is 0 Å². The molecule has 0 aliphatic carbocycles. The molecule has 23 heteroatoms. The molecule has 0 amide bonds. The summed E-state index contributed by atoms with van der Waals surface area (Å²) in [5.74, 6) is 0.738. The smallest absolute Gasteiger partial charge is 0.744 e. The molecule has 15 nitrogen and oxygen atoms in total. The molecule has 0 aliphatic heterocycles. The van der Waals surface area contributed by atoms with Crippen molar-refractivity contribution in [1.82, 2.24) is 4.98 Å². The van der Waals surface area contributed by atoms with Crippen LogP contribution in [0.15, 0.2) is 98.4 Å². The van der Waals surface area contributed by atoms with Crippen molar-refractivity contribution in [3.63, 3.8) is 0 Å². The van der Waals surface area contributed by atoms with Crippen LogP contribution in [-0.4, -0.2) is 30.9 Å². The van der Waals surface area contributed by atoms with Crippen molar-refractivity contribution in [2.24, 2.45) is 0 Å². The van der Waals surface area contributed by atoms with E-state index < -0.39 is 30.0 Å². The maximum absolute atomic E-state index is 11.7. The van der Waals surface area contributed by atoms with Gasteiger partial charge in [0.1, 0.15) is 31.9 Å². The normalized spacial score (nSPS) is 11.1. The van der Waals surface area contributed by atoms with Crippen molar-refractivity contribution in [2.45, 2.75) is 19.6 Å². The molecule has 5 aromatic rings. The Morgan fingerprint density at radius 3 is 1.71 bits per heavy atom. The summed E-state index contributed by atoms with van der Waals surface area (Å²) in [6, 6.07) is 19.2. The van der Waals surface area contributed by atoms with Crippen LogP contribution in [0.2, 0.25) is 0 Å². The van der Waals surface area contributed by atoms with E-state index in [0.717, 1.165) is 6.07 Å². The quantitative estimate of drug-likeness (QED) is 0.0394. The fourth-order valence-corrected chi connectivity index (χ4v) is 6.62. The van der Waals surface area contributed by atoms with Crippen molar-refractivity contribution in [2.75, 3.05) is 10.6 Å². The van der Waals surface area contributed by atoms with E-state index in [0.29, 0.717) is 73.7 Å². The molecule has 1 aromatic heterocycles. The second-order valence-corrected chi connectivity index (χ2v) is 13.0. The molecule has 0 saturated heterocycles. The van der Waals surface area contributed by atoms with Gasteiger partial charge in [0, 0.05) is 21.2 Å². The number of nitrogens with zero attached hydrogens (tertiary/aromatic N) is 1. The molecule has 4 aromatic carbocycles. The van der Waals surface area contributed by atoms with Gasteiger partial charge in [0.15, 0.2) is 0 Å². The summed E-state index contributed by atoms with van der Waals surface area (Å²) in [6.45, 7) is 0. The Morgan fingerprint density at radius 2 is 1.17 bits per heavy atom. The third kappa shape index (κ3) is 12.3. The second kappa shape index (κ2) is 20.6. The SMILES string of the molecule is O=S(=O)([O-])c1cc(S(=O)(=O)[O-])c2ccc(Nc3cccc(Nc4ccc5c(SOO[O-])cc(SOO[O-])cc5c4)n3)cc2c1.[Na+].[Na+].[Na+].[Na+]. The first-order valence-corrected chi connectivity index (χ1v) is 16.1. The van der Waals surface area contributed by atoms with Gasteiger partial charge in [0.25, 0.3) is 0 Å². The van der Waals surface area contributed by atoms with Crippen LogP contribution in [0.1, 0.15) is 0 Å². The molecule has 5 rings (SSSR count). The summed E-state index contributed by atoms with van der Waals surface area (Å²) in [5.41, 5.74) is 0.955. The fourth-order valence-electron chi connectivity index (χ4n) is 4.21. The van der Waals surface area contributed by atoms with E-state index in [2.05, 4.69) is 34.4 Å². The number of hydrogen-bond donors (Lipinski definition) is 2. The number of rotatable bonds is 12. The molecule has 0 saturated carbocycles. The maximum atomic E-state index is 11.7. The Balaban J connectivity index is 0.00000288. The van der Waals surface area contributed by atoms with Crippen LogP contribution in [0.3, 0.4) is 0 Å². The van der Waals surface area contributed by atoms with Crippen molar-refractivity contribution < 1.29 is 173 Å². The van der Waals surface area contributed by atoms with Crippen LogP contribution < -0.4 is 139 Å². The summed E-state index contributed by atoms with van der Waals surface area (Å²) >= 11 is 1.31. The Morgan fingerprint density at radius 1 is 0.625 bits per heavy atom. The maximum Gasteiger partial charge on any atom is 1.00 e. The first-order valence-electron chi connectivity index (χ1n) is 11.8. The van der Waals surface area contributed by atoms with Gasteiger partial charge in [-0.25, -0.2) is 21.8 Å². The van der Waals surface area contributed by atoms with E-state index in [4.69, 9.17) is 0 Å². The van der Waals surface area contributed by atoms with Gasteiger partial charge in [-0.2, -0.15) is 8.67 Å². The van der Waals surface area contributed by atoms with Crippen molar-refractivity contribution >= 4 is 88.9 Å². The topological polar surface area (TPSA) is 234 Å². The van der Waals surface area contributed by atoms with E-state index in [1.165, 1.54) is 18.2 Å². The average molecular weight is 770 g/mol. The largest absolute Gasteiger partial charge is 1.00 e. The molecule has 0 bridgehead atoms. The van der Waals surface area contributed by atoms with E-state index in [1.54, 1.807) is 48.5 Å². The third-order valence-corrected chi connectivity index (χ3v) is 8.82. The van der Waals surface area contributed by atoms with Gasteiger partial charge in [-0.1, -0.05) is 18.2 Å². The Hall–Kier alpha value is 0.430. The molecular weight excluding hydrogens is 755 g/mol. The summed E-state index contributed by atoms with van der Waals surface area (Å²) < 4.78 is 78.8. The van der Waals surface area contributed by atoms with Crippen molar-refractivity contribution in [1.29, 1.82) is 0 Å². The summed E-state index contributed by atoms with van der Waals surface area (Å²) in [4.78, 5) is 3.75. The minimum Gasteiger partial charge on any atom is -0.744 e. The summed E-state index contributed by atoms with van der Waals surface area (Å²) in [5, 5.41) is 34.9. The predicted octanol–water partition coefficient (Wildman–Crippen LogP) is -8.84. The zero-order valence-electron chi connectivity index (χ0n) is 25.5. The number of fused-ring (bicyclic) bond motifs is 2. The number of aromatic nitrogens is 1. The van der Waals surface area contributed by atoms with E-state index in [-0.39, 0.29) is 129 Å². The number of benzene rings is 4. The first-order chi connectivity index (χ1) is 20.9. The van der Waals surface area contributed by atoms with E-state index in [1.807, 2.05) is 0 Å². The second-order valence-electron chi connectivity index (χ2n) is 8.72. The number of pyridine rings is 1. The third-order valence-electron chi connectivity index (χ3n) is 5.94. The minimum atomic E-state index is -5.09. The van der Waals surface area contributed by atoms with Crippen molar-refractivity contribution in [3.05, 3.63) is 78.9 Å². The Kier molecular flexibility index (Phi) is 19.9. The van der Waals surface area contributed by atoms with Crippen molar-refractivity contribution in [3.8, 4) is 0 Å². The first kappa shape index (κ1) is 46.5. The zero-order chi connectivity index (χ0) is 31.5. The van der Waals surface area contributed by atoms with E-state index >= 15 is 0 Å². The zero-order valence-corrected chi connectivity index (χ0v) is 36.8. The Labute approximate surface area is 371 Å². The van der Waals surface area contributed by atoms with Gasteiger partial charge in [-0.15, -0.1) is 0 Å². The number of hydrogen-bond acceptors (Lipinski definition) is 17. The fraction of sp³-hybridized carbons (Fsp3) is 0. The number of anilines is 4. The average Bonchev–Trinajstić information content (AvgIpc) is 2.97. The molecule has 0 fully saturated rings. The van der Waals surface area contributed by atoms with Crippen LogP contribution in [0.4, 0.5) is 23.0 Å². The predicted molar refractivity (Wildman–Crippen MR) is 151 cm³/mol. The molecular formula is C25H15N3Na4O12S4. The summed E-state index contributed by atoms with van der Waals surface area (Å²) in [7, 11) is -10.1. The van der Waals surface area contributed by atoms with Crippen LogP contribution in [-0.2, 0) is 39.0 Å². The molecule has 0 aliphatic rings. The summed E-state index contributed by atoms with van der Waals surface area (Å²) in [6.07, 6.45) is 0. The van der Waals surface area contributed by atoms with Crippen LogP contribution in [0.25, 0.3) is 21.5 Å². The van der Waals surface area contributed by atoms with E-state index in [9.17, 15) is 36.5 Å². The Bertz CT molecular complexity index is 2100. The molecule has 48 heavy (non-hydrogen) atoms. The minimum absolute atomic E-state index is 0. The molecule has 0 atom stereocenters. The molecule has 0 spiro atoms. The molecule has 1 heterocycles. The molecule has 0 unspecified atom stereocenters. The van der Waals surface area contributed by atoms with Gasteiger partial charge >= 0.3 is 118 Å². The molecule has 2 N–H and O–H groups in total. The molecule has 230 valence electrons. The van der Waals surface area contributed by atoms with Gasteiger partial charge in [0.05, 0.1) is 33.9 Å². The monoisotopic (exact) mass is 769 g/mol. The van der Waals surface area contributed by atoms with Gasteiger partial charge < -0.3 is 30.3 Å². The van der Waals surface area contributed by atoms with Crippen LogP contribution in [0.5, 0.6) is 0 Å². The van der Waals surface area contributed by atoms with Crippen LogP contribution >= 0.6 is 24.1 Å². The molecule has 0 radical (unpaired) electrons.